The van der Waals surface area contributed by atoms with Gasteiger partial charge in [-0.05, 0) is 84.6 Å². The smallest absolute Gasteiger partial charge is 0.266 e. The van der Waals surface area contributed by atoms with Gasteiger partial charge < -0.3 is 10.1 Å². The van der Waals surface area contributed by atoms with Gasteiger partial charge in [0.15, 0.2) is 9.84 Å². The third-order valence-electron chi connectivity index (χ3n) is 10.2. The maximum atomic E-state index is 14.7. The van der Waals surface area contributed by atoms with Crippen LogP contribution in [0, 0.1) is 11.6 Å². The molecule has 1 saturated heterocycles. The summed E-state index contributed by atoms with van der Waals surface area (Å²) < 4.78 is 91.0. The summed E-state index contributed by atoms with van der Waals surface area (Å²) in [6.07, 6.45) is 4.60. The van der Waals surface area contributed by atoms with E-state index in [2.05, 4.69) is 10.4 Å². The molecule has 2 aromatic heterocycles. The van der Waals surface area contributed by atoms with Crippen LogP contribution in [0.5, 0.6) is 0 Å². The average Bonchev–Trinajstić information content (AvgIpc) is 3.95. The molecule has 300 valence electrons. The average molecular weight is 829 g/mol. The molecule has 3 heterocycles. The molecule has 1 aliphatic carbocycles. The normalized spacial score (nSPS) is 15.7. The molecule has 1 N–H and O–H groups in total. The Morgan fingerprint density at radius 2 is 1.62 bits per heavy atom. The van der Waals surface area contributed by atoms with E-state index in [4.69, 9.17) is 9.72 Å². The van der Waals surface area contributed by atoms with Gasteiger partial charge in [0, 0.05) is 49.5 Å². The molecule has 0 bridgehead atoms. The largest absolute Gasteiger partial charge is 0.379 e. The minimum absolute atomic E-state index is 0.0134. The number of carbonyl (C=O) groups is 1. The number of sulfonamides is 1. The minimum Gasteiger partial charge on any atom is -0.379 e. The number of fused-ring (bicyclic) bond motifs is 1. The summed E-state index contributed by atoms with van der Waals surface area (Å²) in [5.41, 5.74) is 1.60. The van der Waals surface area contributed by atoms with Gasteiger partial charge in [-0.1, -0.05) is 24.3 Å². The molecule has 58 heavy (non-hydrogen) atoms. The Hall–Kier alpha value is -5.62. The zero-order valence-corrected chi connectivity index (χ0v) is 32.8. The van der Waals surface area contributed by atoms with Crippen molar-refractivity contribution in [1.82, 2.24) is 29.0 Å². The summed E-state index contributed by atoms with van der Waals surface area (Å²) in [6.45, 7) is 0.664. The van der Waals surface area contributed by atoms with Crippen LogP contribution in [0.15, 0.2) is 112 Å². The van der Waals surface area contributed by atoms with E-state index in [1.165, 1.54) is 50.0 Å². The van der Waals surface area contributed by atoms with Crippen molar-refractivity contribution in [3.63, 3.8) is 0 Å². The summed E-state index contributed by atoms with van der Waals surface area (Å²) in [4.78, 5) is 33.5. The second kappa shape index (κ2) is 15.6. The van der Waals surface area contributed by atoms with Crippen molar-refractivity contribution in [2.24, 2.45) is 0 Å². The highest BCUT2D eigenvalue weighted by molar-refractivity contribution is 7.90. The molecule has 2 fully saturated rings. The van der Waals surface area contributed by atoms with Crippen LogP contribution < -0.4 is 10.9 Å². The van der Waals surface area contributed by atoms with Crippen molar-refractivity contribution < 1.29 is 35.1 Å². The molecule has 0 unspecified atom stereocenters. The molecule has 1 atom stereocenters. The van der Waals surface area contributed by atoms with Crippen LogP contribution in [0.4, 0.5) is 8.78 Å². The Morgan fingerprint density at radius 1 is 0.914 bits per heavy atom. The van der Waals surface area contributed by atoms with E-state index in [1.807, 2.05) is 6.07 Å². The van der Waals surface area contributed by atoms with Crippen LogP contribution in [0.3, 0.4) is 0 Å². The highest BCUT2D eigenvalue weighted by Crippen LogP contribution is 2.39. The lowest BCUT2D eigenvalue weighted by atomic mass is 10.0. The summed E-state index contributed by atoms with van der Waals surface area (Å²) in [7, 11) is -7.56. The Morgan fingerprint density at radius 3 is 2.31 bits per heavy atom. The number of nitrogens with zero attached hydrogens (tertiary/aromatic N) is 5. The number of benzene rings is 4. The van der Waals surface area contributed by atoms with Gasteiger partial charge in [-0.15, -0.1) is 0 Å². The number of sulfone groups is 1. The fourth-order valence-electron chi connectivity index (χ4n) is 7.21. The number of halogens is 2. The van der Waals surface area contributed by atoms with E-state index in [-0.39, 0.29) is 77.0 Å². The molecular formula is C41H38F2N6O7S2. The zero-order chi connectivity index (χ0) is 40.8. The molecule has 1 aliphatic heterocycles. The lowest BCUT2D eigenvalue weighted by Crippen LogP contribution is -2.40. The monoisotopic (exact) mass is 828 g/mol. The predicted molar refractivity (Wildman–Crippen MR) is 211 cm³/mol. The van der Waals surface area contributed by atoms with Crippen LogP contribution in [0.25, 0.3) is 27.7 Å². The van der Waals surface area contributed by atoms with Crippen molar-refractivity contribution in [3.05, 3.63) is 136 Å². The number of hydrogen-bond acceptors (Lipinski definition) is 9. The van der Waals surface area contributed by atoms with Crippen LogP contribution in [0.2, 0.25) is 0 Å². The molecular weight excluding hydrogens is 791 g/mol. The fourth-order valence-corrected chi connectivity index (χ4v) is 9.53. The number of rotatable bonds is 12. The third kappa shape index (κ3) is 8.20. The summed E-state index contributed by atoms with van der Waals surface area (Å²) in [5.74, 6) is -1.91. The van der Waals surface area contributed by atoms with E-state index in [1.54, 1.807) is 36.5 Å². The molecule has 2 aliphatic rings. The maximum Gasteiger partial charge on any atom is 0.266 e. The second-order valence-electron chi connectivity index (χ2n) is 14.4. The number of nitrogens with one attached hydrogen (secondary N) is 1. The molecule has 13 nitrogen and oxygen atoms in total. The first-order chi connectivity index (χ1) is 27.7. The topological polar surface area (TPSA) is 163 Å². The quantitative estimate of drug-likeness (QED) is 0.180. The summed E-state index contributed by atoms with van der Waals surface area (Å²) in [6, 6.07) is 20.4. The molecule has 17 heteroatoms. The number of hydrogen-bond donors (Lipinski definition) is 1. The fraction of sp³-hybridized carbons (Fsp3) is 0.268. The molecule has 0 spiro atoms. The van der Waals surface area contributed by atoms with Gasteiger partial charge in [0.1, 0.15) is 24.0 Å². The van der Waals surface area contributed by atoms with Gasteiger partial charge in [0.25, 0.3) is 5.56 Å². The lowest BCUT2D eigenvalue weighted by Gasteiger charge is -2.26. The number of carbonyl (C=O) groups excluding carboxylic acids is 1. The van der Waals surface area contributed by atoms with E-state index in [0.717, 1.165) is 43.0 Å². The highest BCUT2D eigenvalue weighted by atomic mass is 32.2. The number of amides is 1. The van der Waals surface area contributed by atoms with Gasteiger partial charge in [0.2, 0.25) is 15.9 Å². The Labute approximate surface area is 332 Å². The van der Waals surface area contributed by atoms with Crippen molar-refractivity contribution in [2.75, 3.05) is 32.6 Å². The van der Waals surface area contributed by atoms with Crippen molar-refractivity contribution in [3.8, 4) is 16.8 Å². The van der Waals surface area contributed by atoms with Crippen LogP contribution in [0.1, 0.15) is 41.9 Å². The molecule has 1 amide bonds. The molecule has 1 saturated carbocycles. The van der Waals surface area contributed by atoms with Crippen molar-refractivity contribution in [1.29, 1.82) is 0 Å². The van der Waals surface area contributed by atoms with E-state index in [9.17, 15) is 35.2 Å². The molecule has 6 aromatic rings. The van der Waals surface area contributed by atoms with Crippen LogP contribution in [-0.2, 0) is 42.4 Å². The summed E-state index contributed by atoms with van der Waals surface area (Å²) >= 11 is 0. The first-order valence-corrected chi connectivity index (χ1v) is 21.9. The number of morpholine rings is 1. The lowest BCUT2D eigenvalue weighted by molar-refractivity contribution is -0.122. The molecule has 4 aromatic carbocycles. The van der Waals surface area contributed by atoms with Gasteiger partial charge in [0.05, 0.1) is 51.3 Å². The van der Waals surface area contributed by atoms with Gasteiger partial charge >= 0.3 is 0 Å². The standard InChI is InChI=1S/C41H38F2N6O7S2/c1-57(52,53)38-5-3-2-4-33(38)28-8-13-34-36(23-28)45-40(49(41(34)51)31-9-11-32(12-10-31)58(54,55)48-16-18-56-19-17-48)37(22-26-20-29(42)24-30(43)21-26)44-39(50)25-47-15-14-35(46-47)27-6-7-27/h2-5,8-15,20-21,23-24,27,37H,6-7,16-19,22,25H2,1H3,(H,44,50)/t37-/m0/s1. The van der Waals surface area contributed by atoms with E-state index >= 15 is 0 Å². The zero-order valence-electron chi connectivity index (χ0n) is 31.2. The maximum absolute atomic E-state index is 14.7. The molecule has 8 rings (SSSR count). The minimum atomic E-state index is -3.90. The van der Waals surface area contributed by atoms with Crippen molar-refractivity contribution >= 4 is 36.7 Å². The van der Waals surface area contributed by atoms with Crippen molar-refractivity contribution in [2.45, 2.75) is 47.6 Å². The third-order valence-corrected chi connectivity index (χ3v) is 13.2. The Kier molecular flexibility index (Phi) is 10.6. The van der Waals surface area contributed by atoms with E-state index < -0.39 is 49.0 Å². The van der Waals surface area contributed by atoms with Crippen LogP contribution in [-0.4, -0.2) is 78.9 Å². The number of aromatic nitrogens is 4. The first-order valence-electron chi connectivity index (χ1n) is 18.6. The molecule has 0 radical (unpaired) electrons. The van der Waals surface area contributed by atoms with Crippen LogP contribution >= 0.6 is 0 Å². The highest BCUT2D eigenvalue weighted by Gasteiger charge is 2.29. The van der Waals surface area contributed by atoms with Gasteiger partial charge in [-0.2, -0.15) is 9.40 Å². The first kappa shape index (κ1) is 39.2. The SMILES string of the molecule is CS(=O)(=O)c1ccccc1-c1ccc2c(=O)n(-c3ccc(S(=O)(=O)N4CCOCC4)cc3)c([C@H](Cc3cc(F)cc(F)c3)NC(=O)Cn3ccc(C4CC4)n3)nc2c1. The predicted octanol–water partition coefficient (Wildman–Crippen LogP) is 4.93. The summed E-state index contributed by atoms with van der Waals surface area (Å²) in [5, 5.41) is 7.57. The number of ether oxygens (including phenoxy) is 1. The second-order valence-corrected chi connectivity index (χ2v) is 18.4. The van der Waals surface area contributed by atoms with Gasteiger partial charge in [-0.25, -0.2) is 30.6 Å². The van der Waals surface area contributed by atoms with Gasteiger partial charge in [-0.3, -0.25) is 18.8 Å². The van der Waals surface area contributed by atoms with E-state index in [0.29, 0.717) is 17.0 Å². The Balaban J connectivity index is 1.28. The Bertz CT molecular complexity index is 2820.